The molecule has 0 amide bonds. The van der Waals surface area contributed by atoms with Gasteiger partial charge in [-0.15, -0.1) is 0 Å². The van der Waals surface area contributed by atoms with E-state index < -0.39 is 0 Å². The number of nitrogens with one attached hydrogen (secondary N) is 2. The minimum atomic E-state index is 0.328. The van der Waals surface area contributed by atoms with Gasteiger partial charge in [-0.05, 0) is 27.0 Å². The van der Waals surface area contributed by atoms with E-state index in [1.807, 2.05) is 11.8 Å². The molecule has 0 radical (unpaired) electrons. The smallest absolute Gasteiger partial charge is 0.135 e. The molecule has 1 unspecified atom stereocenters. The highest BCUT2D eigenvalue weighted by atomic mass is 32.2. The predicted octanol–water partition coefficient (Wildman–Crippen LogP) is 3.50. The topological polar surface area (TPSA) is 49.8 Å². The molecular formula is C14H26N4S. The molecule has 1 aromatic rings. The van der Waals surface area contributed by atoms with E-state index in [1.54, 1.807) is 0 Å². The highest BCUT2D eigenvalue weighted by Gasteiger charge is 2.14. The molecule has 1 atom stereocenters. The standard InChI is InChI=1S/C14H26N4S/c1-7-15-13-11(5)14(16-10(4)8-19-6)18-12(17-13)9(2)3/h9-10H,7-8H2,1-6H3,(H2,15,16,17,18). The van der Waals surface area contributed by atoms with Gasteiger partial charge in [-0.25, -0.2) is 9.97 Å². The summed E-state index contributed by atoms with van der Waals surface area (Å²) in [5.41, 5.74) is 1.10. The Hall–Kier alpha value is -0.970. The first kappa shape index (κ1) is 16.1. The van der Waals surface area contributed by atoms with Crippen molar-refractivity contribution in [1.82, 2.24) is 9.97 Å². The molecule has 0 aromatic carbocycles. The third-order valence-electron chi connectivity index (χ3n) is 2.82. The molecule has 1 aromatic heterocycles. The second kappa shape index (κ2) is 7.58. The number of nitrogens with zero attached hydrogens (tertiary/aromatic N) is 2. The highest BCUT2D eigenvalue weighted by Crippen LogP contribution is 2.23. The van der Waals surface area contributed by atoms with E-state index in [-0.39, 0.29) is 0 Å². The summed E-state index contributed by atoms with van der Waals surface area (Å²) in [7, 11) is 0. The summed E-state index contributed by atoms with van der Waals surface area (Å²) in [5, 5.41) is 6.81. The van der Waals surface area contributed by atoms with E-state index in [4.69, 9.17) is 0 Å². The number of thioether (sulfide) groups is 1. The molecule has 0 bridgehead atoms. The summed E-state index contributed by atoms with van der Waals surface area (Å²) in [6, 6.07) is 0.401. The first-order chi connectivity index (χ1) is 8.99. The monoisotopic (exact) mass is 282 g/mol. The van der Waals surface area contributed by atoms with E-state index in [0.717, 1.165) is 35.3 Å². The van der Waals surface area contributed by atoms with Crippen LogP contribution in [0.1, 0.15) is 45.0 Å². The van der Waals surface area contributed by atoms with Gasteiger partial charge in [0.15, 0.2) is 0 Å². The molecule has 108 valence electrons. The minimum absolute atomic E-state index is 0.328. The summed E-state index contributed by atoms with van der Waals surface area (Å²) in [4.78, 5) is 9.27. The fourth-order valence-electron chi connectivity index (χ4n) is 1.80. The van der Waals surface area contributed by atoms with Crippen LogP contribution in [0.3, 0.4) is 0 Å². The highest BCUT2D eigenvalue weighted by molar-refractivity contribution is 7.98. The van der Waals surface area contributed by atoms with Crippen molar-refractivity contribution in [3.8, 4) is 0 Å². The molecule has 1 heterocycles. The summed E-state index contributed by atoms with van der Waals surface area (Å²) >= 11 is 1.84. The zero-order valence-electron chi connectivity index (χ0n) is 12.9. The number of anilines is 2. The van der Waals surface area contributed by atoms with Gasteiger partial charge in [0, 0.05) is 29.8 Å². The average Bonchev–Trinajstić information content (AvgIpc) is 2.34. The molecule has 0 spiro atoms. The quantitative estimate of drug-likeness (QED) is 0.801. The zero-order valence-corrected chi connectivity index (χ0v) is 13.7. The Kier molecular flexibility index (Phi) is 6.42. The molecule has 4 nitrogen and oxygen atoms in total. The second-order valence-electron chi connectivity index (χ2n) is 5.09. The van der Waals surface area contributed by atoms with Gasteiger partial charge in [0.05, 0.1) is 0 Å². The Labute approximate surface area is 121 Å². The molecular weight excluding hydrogens is 256 g/mol. The van der Waals surface area contributed by atoms with Gasteiger partial charge in [0.25, 0.3) is 0 Å². The number of hydrogen-bond acceptors (Lipinski definition) is 5. The lowest BCUT2D eigenvalue weighted by molar-refractivity contribution is 0.767. The summed E-state index contributed by atoms with van der Waals surface area (Å²) in [5.74, 6) is 4.18. The molecule has 5 heteroatoms. The van der Waals surface area contributed by atoms with Crippen molar-refractivity contribution in [3.63, 3.8) is 0 Å². The van der Waals surface area contributed by atoms with Crippen LogP contribution >= 0.6 is 11.8 Å². The fourth-order valence-corrected chi connectivity index (χ4v) is 2.38. The van der Waals surface area contributed by atoms with Crippen molar-refractivity contribution in [2.24, 2.45) is 0 Å². The molecule has 2 N–H and O–H groups in total. The fraction of sp³-hybridized carbons (Fsp3) is 0.714. The van der Waals surface area contributed by atoms with E-state index in [2.05, 4.69) is 61.5 Å². The molecule has 0 aliphatic rings. The predicted molar refractivity (Wildman–Crippen MR) is 86.5 cm³/mol. The van der Waals surface area contributed by atoms with Crippen LogP contribution in [0, 0.1) is 6.92 Å². The van der Waals surface area contributed by atoms with E-state index in [1.165, 1.54) is 0 Å². The van der Waals surface area contributed by atoms with Gasteiger partial charge in [-0.2, -0.15) is 11.8 Å². The Balaban J connectivity index is 3.06. The lowest BCUT2D eigenvalue weighted by Gasteiger charge is -2.19. The zero-order chi connectivity index (χ0) is 14.4. The molecule has 1 rings (SSSR count). The molecule has 0 saturated carbocycles. The van der Waals surface area contributed by atoms with Gasteiger partial charge in [0.2, 0.25) is 0 Å². The van der Waals surface area contributed by atoms with Crippen LogP contribution in [0.25, 0.3) is 0 Å². The van der Waals surface area contributed by atoms with Crippen molar-refractivity contribution in [1.29, 1.82) is 0 Å². The van der Waals surface area contributed by atoms with Crippen LogP contribution in [0.15, 0.2) is 0 Å². The van der Waals surface area contributed by atoms with Crippen LogP contribution in [-0.2, 0) is 0 Å². The van der Waals surface area contributed by atoms with Crippen molar-refractivity contribution >= 4 is 23.4 Å². The maximum atomic E-state index is 4.67. The Morgan fingerprint density at radius 3 is 2.32 bits per heavy atom. The SMILES string of the molecule is CCNc1nc(C(C)C)nc(NC(C)CSC)c1C. The van der Waals surface area contributed by atoms with Crippen LogP contribution < -0.4 is 10.6 Å². The Morgan fingerprint density at radius 1 is 1.16 bits per heavy atom. The van der Waals surface area contributed by atoms with Gasteiger partial charge in [-0.3, -0.25) is 0 Å². The van der Waals surface area contributed by atoms with E-state index in [9.17, 15) is 0 Å². The van der Waals surface area contributed by atoms with Crippen molar-refractivity contribution in [2.75, 3.05) is 29.2 Å². The minimum Gasteiger partial charge on any atom is -0.370 e. The lowest BCUT2D eigenvalue weighted by Crippen LogP contribution is -2.21. The summed E-state index contributed by atoms with van der Waals surface area (Å²) in [6.07, 6.45) is 2.12. The normalized spacial score (nSPS) is 12.6. The van der Waals surface area contributed by atoms with Gasteiger partial charge in [0.1, 0.15) is 17.5 Å². The number of hydrogen-bond donors (Lipinski definition) is 2. The van der Waals surface area contributed by atoms with Crippen molar-refractivity contribution < 1.29 is 0 Å². The molecule has 0 aliphatic carbocycles. The first-order valence-electron chi connectivity index (χ1n) is 6.87. The Morgan fingerprint density at radius 2 is 1.79 bits per heavy atom. The third kappa shape index (κ3) is 4.56. The maximum absolute atomic E-state index is 4.67. The second-order valence-corrected chi connectivity index (χ2v) is 6.00. The number of rotatable bonds is 7. The van der Waals surface area contributed by atoms with E-state index >= 15 is 0 Å². The largest absolute Gasteiger partial charge is 0.370 e. The summed E-state index contributed by atoms with van der Waals surface area (Å²) < 4.78 is 0. The van der Waals surface area contributed by atoms with Gasteiger partial charge < -0.3 is 10.6 Å². The Bertz CT molecular complexity index is 407. The molecule has 0 saturated heterocycles. The third-order valence-corrected chi connectivity index (χ3v) is 3.66. The molecule has 0 fully saturated rings. The maximum Gasteiger partial charge on any atom is 0.135 e. The lowest BCUT2D eigenvalue weighted by atomic mass is 10.2. The van der Waals surface area contributed by atoms with E-state index in [0.29, 0.717) is 12.0 Å². The number of aromatic nitrogens is 2. The molecule has 0 aliphatic heterocycles. The van der Waals surface area contributed by atoms with Crippen LogP contribution in [0.5, 0.6) is 0 Å². The first-order valence-corrected chi connectivity index (χ1v) is 8.26. The average molecular weight is 282 g/mol. The van der Waals surface area contributed by atoms with Crippen LogP contribution in [-0.4, -0.2) is 34.6 Å². The summed E-state index contributed by atoms with van der Waals surface area (Å²) in [6.45, 7) is 11.4. The van der Waals surface area contributed by atoms with Gasteiger partial charge >= 0.3 is 0 Å². The van der Waals surface area contributed by atoms with Crippen molar-refractivity contribution in [3.05, 3.63) is 11.4 Å². The van der Waals surface area contributed by atoms with Gasteiger partial charge in [-0.1, -0.05) is 13.8 Å². The molecule has 19 heavy (non-hydrogen) atoms. The van der Waals surface area contributed by atoms with Crippen LogP contribution in [0.4, 0.5) is 11.6 Å². The van der Waals surface area contributed by atoms with Crippen molar-refractivity contribution in [2.45, 2.75) is 46.6 Å². The van der Waals surface area contributed by atoms with Crippen LogP contribution in [0.2, 0.25) is 0 Å².